The van der Waals surface area contributed by atoms with Gasteiger partial charge < -0.3 is 5.32 Å². The summed E-state index contributed by atoms with van der Waals surface area (Å²) >= 11 is 0. The predicted octanol–water partition coefficient (Wildman–Crippen LogP) is -0.533. The summed E-state index contributed by atoms with van der Waals surface area (Å²) in [4.78, 5) is 2.35. The minimum absolute atomic E-state index is 0.275. The Balaban J connectivity index is 2.01. The highest BCUT2D eigenvalue weighted by Crippen LogP contribution is 2.20. The second kappa shape index (κ2) is 3.79. The molecule has 2 heterocycles. The Morgan fingerprint density at radius 2 is 2.21 bits per heavy atom. The molecule has 4 nitrogen and oxygen atoms in total. The lowest BCUT2D eigenvalue weighted by Gasteiger charge is -2.37. The van der Waals surface area contributed by atoms with Gasteiger partial charge in [0.25, 0.3) is 0 Å². The molecule has 0 bridgehead atoms. The summed E-state index contributed by atoms with van der Waals surface area (Å²) in [6, 6.07) is 0.749. The van der Waals surface area contributed by atoms with Gasteiger partial charge in [0.05, 0.1) is 11.5 Å². The van der Waals surface area contributed by atoms with Crippen molar-refractivity contribution in [2.24, 2.45) is 0 Å². The SMILES string of the molecule is CC1CNCCN1C1CCS(=O)(=O)C1. The van der Waals surface area contributed by atoms with Gasteiger partial charge in [0.2, 0.25) is 0 Å². The van der Waals surface area contributed by atoms with E-state index in [0.717, 1.165) is 26.1 Å². The third kappa shape index (κ3) is 2.10. The molecule has 0 aromatic heterocycles. The van der Waals surface area contributed by atoms with E-state index in [-0.39, 0.29) is 6.04 Å². The zero-order valence-corrected chi connectivity index (χ0v) is 9.39. The minimum atomic E-state index is -2.73. The van der Waals surface area contributed by atoms with E-state index in [1.54, 1.807) is 0 Å². The molecule has 82 valence electrons. The van der Waals surface area contributed by atoms with E-state index in [0.29, 0.717) is 17.5 Å². The zero-order valence-electron chi connectivity index (χ0n) is 8.57. The van der Waals surface area contributed by atoms with E-state index in [2.05, 4.69) is 17.1 Å². The van der Waals surface area contributed by atoms with E-state index in [1.807, 2.05) is 0 Å². The standard InChI is InChI=1S/C9H18N2O2S/c1-8-6-10-3-4-11(8)9-2-5-14(12,13)7-9/h8-10H,2-7H2,1H3. The van der Waals surface area contributed by atoms with E-state index in [4.69, 9.17) is 0 Å². The van der Waals surface area contributed by atoms with Crippen molar-refractivity contribution in [2.45, 2.75) is 25.4 Å². The maximum Gasteiger partial charge on any atom is 0.151 e. The molecule has 2 atom stereocenters. The molecule has 0 aliphatic carbocycles. The van der Waals surface area contributed by atoms with Crippen molar-refractivity contribution < 1.29 is 8.42 Å². The number of piperazine rings is 1. The van der Waals surface area contributed by atoms with Gasteiger partial charge in [0.15, 0.2) is 9.84 Å². The summed E-state index contributed by atoms with van der Waals surface area (Å²) < 4.78 is 22.7. The highest BCUT2D eigenvalue weighted by molar-refractivity contribution is 7.91. The minimum Gasteiger partial charge on any atom is -0.314 e. The van der Waals surface area contributed by atoms with Crippen molar-refractivity contribution in [1.29, 1.82) is 0 Å². The molecular weight excluding hydrogens is 200 g/mol. The molecule has 2 aliphatic rings. The first-order valence-corrected chi connectivity index (χ1v) is 7.07. The molecule has 2 aliphatic heterocycles. The zero-order chi connectivity index (χ0) is 10.2. The van der Waals surface area contributed by atoms with Gasteiger partial charge in [-0.15, -0.1) is 0 Å². The second-order valence-electron chi connectivity index (χ2n) is 4.35. The highest BCUT2D eigenvalue weighted by atomic mass is 32.2. The number of rotatable bonds is 1. The van der Waals surface area contributed by atoms with Gasteiger partial charge in [0, 0.05) is 31.7 Å². The number of nitrogens with zero attached hydrogens (tertiary/aromatic N) is 1. The van der Waals surface area contributed by atoms with Crippen molar-refractivity contribution in [3.05, 3.63) is 0 Å². The Kier molecular flexibility index (Phi) is 2.81. The maximum atomic E-state index is 11.3. The number of hydrogen-bond acceptors (Lipinski definition) is 4. The molecule has 2 unspecified atom stereocenters. The van der Waals surface area contributed by atoms with E-state index < -0.39 is 9.84 Å². The third-order valence-corrected chi connectivity index (χ3v) is 4.98. The summed E-state index contributed by atoms with van der Waals surface area (Å²) in [5.41, 5.74) is 0. The third-order valence-electron chi connectivity index (χ3n) is 3.23. The maximum absolute atomic E-state index is 11.3. The van der Waals surface area contributed by atoms with Gasteiger partial charge in [-0.05, 0) is 13.3 Å². The van der Waals surface area contributed by atoms with Crippen molar-refractivity contribution in [3.8, 4) is 0 Å². The molecule has 0 aromatic rings. The van der Waals surface area contributed by atoms with Crippen LogP contribution >= 0.6 is 0 Å². The topological polar surface area (TPSA) is 49.4 Å². The van der Waals surface area contributed by atoms with Crippen molar-refractivity contribution >= 4 is 9.84 Å². The molecule has 0 spiro atoms. The van der Waals surface area contributed by atoms with Crippen LogP contribution in [0.4, 0.5) is 0 Å². The van der Waals surface area contributed by atoms with Crippen molar-refractivity contribution in [3.63, 3.8) is 0 Å². The molecule has 2 rings (SSSR count). The first-order chi connectivity index (χ1) is 6.58. The van der Waals surface area contributed by atoms with Crippen LogP contribution in [-0.2, 0) is 9.84 Å². The molecule has 5 heteroatoms. The quantitative estimate of drug-likeness (QED) is 0.642. The Morgan fingerprint density at radius 3 is 2.79 bits per heavy atom. The lowest BCUT2D eigenvalue weighted by Crippen LogP contribution is -2.54. The smallest absolute Gasteiger partial charge is 0.151 e. The van der Waals surface area contributed by atoms with Crippen LogP contribution in [-0.4, -0.2) is 56.5 Å². The van der Waals surface area contributed by atoms with E-state index in [1.165, 1.54) is 0 Å². The first kappa shape index (κ1) is 10.4. The molecule has 2 saturated heterocycles. The molecule has 2 fully saturated rings. The average molecular weight is 218 g/mol. The van der Waals surface area contributed by atoms with Crippen molar-refractivity contribution in [2.75, 3.05) is 31.1 Å². The largest absolute Gasteiger partial charge is 0.314 e. The van der Waals surface area contributed by atoms with Gasteiger partial charge in [-0.1, -0.05) is 0 Å². The Bertz CT molecular complexity index is 302. The van der Waals surface area contributed by atoms with Crippen LogP contribution in [0, 0.1) is 0 Å². The molecule has 0 amide bonds. The van der Waals surface area contributed by atoms with Gasteiger partial charge in [-0.3, -0.25) is 4.90 Å². The van der Waals surface area contributed by atoms with Gasteiger partial charge in [-0.25, -0.2) is 8.42 Å². The van der Waals surface area contributed by atoms with Gasteiger partial charge in [-0.2, -0.15) is 0 Å². The molecule has 1 N–H and O–H groups in total. The fourth-order valence-corrected chi connectivity index (χ4v) is 4.18. The van der Waals surface area contributed by atoms with Crippen LogP contribution < -0.4 is 5.32 Å². The summed E-state index contributed by atoms with van der Waals surface area (Å²) in [5.74, 6) is 0.756. The lowest BCUT2D eigenvalue weighted by atomic mass is 10.1. The predicted molar refractivity (Wildman–Crippen MR) is 56.1 cm³/mol. The van der Waals surface area contributed by atoms with Crippen LogP contribution in [0.15, 0.2) is 0 Å². The highest BCUT2D eigenvalue weighted by Gasteiger charge is 2.34. The average Bonchev–Trinajstić information content (AvgIpc) is 2.47. The van der Waals surface area contributed by atoms with E-state index >= 15 is 0 Å². The molecular formula is C9H18N2O2S. The van der Waals surface area contributed by atoms with Crippen LogP contribution in [0.2, 0.25) is 0 Å². The number of hydrogen-bond donors (Lipinski definition) is 1. The fraction of sp³-hybridized carbons (Fsp3) is 1.00. The Morgan fingerprint density at radius 1 is 1.43 bits per heavy atom. The van der Waals surface area contributed by atoms with Crippen LogP contribution in [0.5, 0.6) is 0 Å². The molecule has 0 saturated carbocycles. The Labute approximate surface area is 85.6 Å². The van der Waals surface area contributed by atoms with Crippen LogP contribution in [0.25, 0.3) is 0 Å². The molecule has 14 heavy (non-hydrogen) atoms. The number of sulfone groups is 1. The molecule has 0 aromatic carbocycles. The summed E-state index contributed by atoms with van der Waals surface area (Å²) in [7, 11) is -2.73. The van der Waals surface area contributed by atoms with E-state index in [9.17, 15) is 8.42 Å². The van der Waals surface area contributed by atoms with Crippen LogP contribution in [0.1, 0.15) is 13.3 Å². The lowest BCUT2D eigenvalue weighted by molar-refractivity contribution is 0.129. The van der Waals surface area contributed by atoms with Gasteiger partial charge in [0.1, 0.15) is 0 Å². The Hall–Kier alpha value is -0.130. The summed E-state index contributed by atoms with van der Waals surface area (Å²) in [6.45, 7) is 5.12. The summed E-state index contributed by atoms with van der Waals surface area (Å²) in [6.07, 6.45) is 0.826. The van der Waals surface area contributed by atoms with Crippen LogP contribution in [0.3, 0.4) is 0 Å². The number of nitrogens with one attached hydrogen (secondary N) is 1. The molecule has 0 radical (unpaired) electrons. The normalized spacial score (nSPS) is 38.6. The fourth-order valence-electron chi connectivity index (χ4n) is 2.44. The second-order valence-corrected chi connectivity index (χ2v) is 6.58. The monoisotopic (exact) mass is 218 g/mol. The van der Waals surface area contributed by atoms with Crippen molar-refractivity contribution in [1.82, 2.24) is 10.2 Å². The summed E-state index contributed by atoms with van der Waals surface area (Å²) in [5, 5.41) is 3.32. The first-order valence-electron chi connectivity index (χ1n) is 5.25. The van der Waals surface area contributed by atoms with Gasteiger partial charge >= 0.3 is 0 Å².